The van der Waals surface area contributed by atoms with Gasteiger partial charge in [0.05, 0.1) is 12.2 Å². The predicted octanol–water partition coefficient (Wildman–Crippen LogP) is 3.19. The molecule has 2 aromatic heterocycles. The molecule has 7 heteroatoms. The van der Waals surface area contributed by atoms with E-state index in [0.717, 1.165) is 23.8 Å². The quantitative estimate of drug-likeness (QED) is 0.376. The summed E-state index contributed by atoms with van der Waals surface area (Å²) in [6, 6.07) is 6.68. The lowest BCUT2D eigenvalue weighted by molar-refractivity contribution is 0.206. The minimum absolute atomic E-state index is 0. The van der Waals surface area contributed by atoms with E-state index in [0.29, 0.717) is 12.6 Å². The van der Waals surface area contributed by atoms with E-state index in [-0.39, 0.29) is 24.0 Å². The van der Waals surface area contributed by atoms with E-state index in [1.165, 1.54) is 44.6 Å². The number of aliphatic imine (C=N–C) groups is 1. The first-order valence-electron chi connectivity index (χ1n) is 9.90. The van der Waals surface area contributed by atoms with Crippen LogP contribution >= 0.6 is 24.0 Å². The Morgan fingerprint density at radius 2 is 2.04 bits per heavy atom. The summed E-state index contributed by atoms with van der Waals surface area (Å²) in [7, 11) is 0. The number of hydrogen-bond donors (Lipinski definition) is 2. The highest BCUT2D eigenvalue weighted by Gasteiger charge is 2.19. The van der Waals surface area contributed by atoms with Crippen LogP contribution in [0.5, 0.6) is 0 Å². The van der Waals surface area contributed by atoms with Crippen molar-refractivity contribution in [1.29, 1.82) is 0 Å². The van der Waals surface area contributed by atoms with Gasteiger partial charge in [0, 0.05) is 37.6 Å². The molecule has 0 aliphatic carbocycles. The number of likely N-dealkylation sites (tertiary alicyclic amines) is 1. The van der Waals surface area contributed by atoms with Gasteiger partial charge in [-0.1, -0.05) is 13.0 Å². The fraction of sp³-hybridized carbons (Fsp3) is 0.600. The molecule has 1 fully saturated rings. The summed E-state index contributed by atoms with van der Waals surface area (Å²) < 4.78 is 2.12. The highest BCUT2D eigenvalue weighted by atomic mass is 127. The molecule has 0 unspecified atom stereocenters. The number of imidazole rings is 1. The zero-order chi connectivity index (χ0) is 18.4. The van der Waals surface area contributed by atoms with E-state index < -0.39 is 0 Å². The van der Waals surface area contributed by atoms with Crippen molar-refractivity contribution in [3.8, 4) is 0 Å². The van der Waals surface area contributed by atoms with E-state index in [4.69, 9.17) is 4.99 Å². The molecular weight excluding hydrogens is 451 g/mol. The van der Waals surface area contributed by atoms with Crippen molar-refractivity contribution < 1.29 is 0 Å². The lowest BCUT2D eigenvalue weighted by Crippen LogP contribution is -2.48. The van der Waals surface area contributed by atoms with Crippen LogP contribution in [0.2, 0.25) is 0 Å². The van der Waals surface area contributed by atoms with Crippen LogP contribution in [-0.4, -0.2) is 52.5 Å². The highest BCUT2D eigenvalue weighted by molar-refractivity contribution is 14.0. The van der Waals surface area contributed by atoms with Crippen molar-refractivity contribution in [2.75, 3.05) is 26.2 Å². The summed E-state index contributed by atoms with van der Waals surface area (Å²) in [5.74, 6) is 0.898. The maximum Gasteiger partial charge on any atom is 0.191 e. The van der Waals surface area contributed by atoms with Crippen LogP contribution < -0.4 is 10.6 Å². The summed E-state index contributed by atoms with van der Waals surface area (Å²) in [5, 5.41) is 6.98. The van der Waals surface area contributed by atoms with Crippen LogP contribution in [0.15, 0.2) is 29.4 Å². The van der Waals surface area contributed by atoms with Crippen molar-refractivity contribution in [1.82, 2.24) is 24.9 Å². The Labute approximate surface area is 179 Å². The van der Waals surface area contributed by atoms with Gasteiger partial charge in [-0.25, -0.2) is 9.98 Å². The van der Waals surface area contributed by atoms with Gasteiger partial charge in [0.15, 0.2) is 5.96 Å². The number of fused-ring (bicyclic) bond motifs is 1. The van der Waals surface area contributed by atoms with E-state index in [9.17, 15) is 0 Å². The Morgan fingerprint density at radius 1 is 1.26 bits per heavy atom. The average molecular weight is 484 g/mol. The summed E-state index contributed by atoms with van der Waals surface area (Å²) in [4.78, 5) is 12.0. The second kappa shape index (κ2) is 10.8. The van der Waals surface area contributed by atoms with Crippen molar-refractivity contribution >= 4 is 35.6 Å². The standard InChI is InChI=1S/C20H32N6.HI/c1-4-11-25-12-9-17(10-13-25)24-20(21-5-2)22-14-18-15-26-16(3)7-6-8-19(26)23-18;/h6-8,15,17H,4-5,9-14H2,1-3H3,(H2,21,22,24);1H. The molecule has 150 valence electrons. The predicted molar refractivity (Wildman–Crippen MR) is 123 cm³/mol. The molecular formula is C20H33IN6. The summed E-state index contributed by atoms with van der Waals surface area (Å²) in [6.45, 7) is 11.5. The maximum atomic E-state index is 4.76. The fourth-order valence-corrected chi connectivity index (χ4v) is 3.57. The van der Waals surface area contributed by atoms with E-state index in [1.807, 2.05) is 12.1 Å². The number of nitrogens with one attached hydrogen (secondary N) is 2. The molecule has 0 amide bonds. The number of piperidine rings is 1. The molecule has 27 heavy (non-hydrogen) atoms. The first-order valence-corrected chi connectivity index (χ1v) is 9.90. The summed E-state index contributed by atoms with van der Waals surface area (Å²) in [6.07, 6.45) is 5.68. The molecule has 3 rings (SSSR count). The van der Waals surface area contributed by atoms with Gasteiger partial charge in [-0.05, 0) is 51.8 Å². The fourth-order valence-electron chi connectivity index (χ4n) is 3.57. The van der Waals surface area contributed by atoms with Gasteiger partial charge in [0.2, 0.25) is 0 Å². The number of guanidine groups is 1. The van der Waals surface area contributed by atoms with Crippen LogP contribution in [0.1, 0.15) is 44.5 Å². The number of aryl methyl sites for hydroxylation is 1. The van der Waals surface area contributed by atoms with Gasteiger partial charge in [0.25, 0.3) is 0 Å². The Balaban J connectivity index is 0.00000261. The van der Waals surface area contributed by atoms with Crippen LogP contribution in [-0.2, 0) is 6.54 Å². The summed E-state index contributed by atoms with van der Waals surface area (Å²) >= 11 is 0. The number of hydrogen-bond acceptors (Lipinski definition) is 3. The monoisotopic (exact) mass is 484 g/mol. The average Bonchev–Trinajstić information content (AvgIpc) is 3.06. The number of aromatic nitrogens is 2. The Morgan fingerprint density at radius 3 is 2.70 bits per heavy atom. The maximum absolute atomic E-state index is 4.76. The first-order chi connectivity index (χ1) is 12.7. The molecule has 1 aliphatic rings. The largest absolute Gasteiger partial charge is 0.357 e. The molecule has 0 aromatic carbocycles. The zero-order valence-corrected chi connectivity index (χ0v) is 19.1. The van der Waals surface area contributed by atoms with Crippen LogP contribution in [0, 0.1) is 6.92 Å². The Bertz CT molecular complexity index is 733. The van der Waals surface area contributed by atoms with Crippen molar-refractivity contribution in [2.24, 2.45) is 4.99 Å². The Hall–Kier alpha value is -1.35. The molecule has 0 bridgehead atoms. The molecule has 1 aliphatic heterocycles. The smallest absolute Gasteiger partial charge is 0.191 e. The molecule has 6 nitrogen and oxygen atoms in total. The van der Waals surface area contributed by atoms with Gasteiger partial charge >= 0.3 is 0 Å². The van der Waals surface area contributed by atoms with Crippen LogP contribution in [0.25, 0.3) is 5.65 Å². The SMILES string of the molecule is CCCN1CCC(NC(=NCc2cn3c(C)cccc3n2)NCC)CC1.I. The van der Waals surface area contributed by atoms with Crippen molar-refractivity contribution in [2.45, 2.75) is 52.6 Å². The number of nitrogens with zero attached hydrogens (tertiary/aromatic N) is 4. The topological polar surface area (TPSA) is 57.0 Å². The van der Waals surface area contributed by atoms with Crippen molar-refractivity contribution in [3.63, 3.8) is 0 Å². The second-order valence-corrected chi connectivity index (χ2v) is 7.08. The van der Waals surface area contributed by atoms with Gasteiger partial charge < -0.3 is 19.9 Å². The number of rotatable bonds is 6. The lowest BCUT2D eigenvalue weighted by Gasteiger charge is -2.32. The molecule has 0 atom stereocenters. The van der Waals surface area contributed by atoms with Gasteiger partial charge in [-0.2, -0.15) is 0 Å². The third kappa shape index (κ3) is 6.07. The Kier molecular flexibility index (Phi) is 8.82. The summed E-state index contributed by atoms with van der Waals surface area (Å²) in [5.41, 5.74) is 3.17. The van der Waals surface area contributed by atoms with Crippen LogP contribution in [0.4, 0.5) is 0 Å². The van der Waals surface area contributed by atoms with Crippen LogP contribution in [0.3, 0.4) is 0 Å². The first kappa shape index (κ1) is 21.9. The molecule has 3 heterocycles. The highest BCUT2D eigenvalue weighted by Crippen LogP contribution is 2.11. The van der Waals surface area contributed by atoms with Gasteiger partial charge in [-0.3, -0.25) is 0 Å². The molecule has 0 saturated carbocycles. The minimum atomic E-state index is 0. The van der Waals surface area contributed by atoms with E-state index in [2.05, 4.69) is 58.0 Å². The van der Waals surface area contributed by atoms with E-state index in [1.54, 1.807) is 0 Å². The van der Waals surface area contributed by atoms with Crippen molar-refractivity contribution in [3.05, 3.63) is 35.8 Å². The molecule has 1 saturated heterocycles. The molecule has 2 aromatic rings. The third-order valence-electron chi connectivity index (χ3n) is 4.96. The zero-order valence-electron chi connectivity index (χ0n) is 16.7. The normalized spacial score (nSPS) is 16.3. The van der Waals surface area contributed by atoms with Gasteiger partial charge in [0.1, 0.15) is 5.65 Å². The van der Waals surface area contributed by atoms with Gasteiger partial charge in [-0.15, -0.1) is 24.0 Å². The third-order valence-corrected chi connectivity index (χ3v) is 4.96. The number of pyridine rings is 1. The minimum Gasteiger partial charge on any atom is -0.357 e. The lowest BCUT2D eigenvalue weighted by atomic mass is 10.1. The second-order valence-electron chi connectivity index (χ2n) is 7.08. The van der Waals surface area contributed by atoms with E-state index >= 15 is 0 Å². The number of halogens is 1. The molecule has 0 spiro atoms. The molecule has 2 N–H and O–H groups in total. The molecule has 0 radical (unpaired) electrons.